The lowest BCUT2D eigenvalue weighted by Crippen LogP contribution is -2.32. The van der Waals surface area contributed by atoms with Crippen LogP contribution in [-0.2, 0) is 10.0 Å². The summed E-state index contributed by atoms with van der Waals surface area (Å²) in [6.45, 7) is 0. The Balaban J connectivity index is 1.55. The van der Waals surface area contributed by atoms with Gasteiger partial charge in [-0.2, -0.15) is 4.98 Å². The summed E-state index contributed by atoms with van der Waals surface area (Å²) in [4.78, 5) is 28.5. The lowest BCUT2D eigenvalue weighted by Gasteiger charge is -2.29. The van der Waals surface area contributed by atoms with E-state index in [0.717, 1.165) is 12.8 Å². The quantitative estimate of drug-likeness (QED) is 0.545. The normalized spacial score (nSPS) is 19.4. The van der Waals surface area contributed by atoms with Gasteiger partial charge < -0.3 is 15.0 Å². The molecule has 11 nitrogen and oxygen atoms in total. The number of fused-ring (bicyclic) bond motifs is 1. The minimum absolute atomic E-state index is 0.0507. The van der Waals surface area contributed by atoms with E-state index in [9.17, 15) is 13.2 Å². The molecule has 0 amide bonds. The number of imidazole rings is 1. The van der Waals surface area contributed by atoms with Crippen LogP contribution in [0.4, 0.5) is 11.6 Å². The van der Waals surface area contributed by atoms with Crippen molar-refractivity contribution in [2.24, 2.45) is 5.92 Å². The van der Waals surface area contributed by atoms with Crippen molar-refractivity contribution in [3.63, 3.8) is 0 Å². The van der Waals surface area contributed by atoms with Crippen molar-refractivity contribution in [1.82, 2.24) is 28.8 Å². The number of aromatic amines is 1. The van der Waals surface area contributed by atoms with E-state index in [0.29, 0.717) is 41.5 Å². The number of pyridine rings is 1. The van der Waals surface area contributed by atoms with Crippen LogP contribution in [0, 0.1) is 5.92 Å². The van der Waals surface area contributed by atoms with Gasteiger partial charge in [-0.3, -0.25) is 4.57 Å². The van der Waals surface area contributed by atoms with Crippen LogP contribution in [0.1, 0.15) is 31.7 Å². The molecule has 1 aliphatic rings. The third-order valence-corrected chi connectivity index (χ3v) is 7.86. The van der Waals surface area contributed by atoms with Gasteiger partial charge in [-0.05, 0) is 43.7 Å². The molecule has 0 bridgehead atoms. The Bertz CT molecular complexity index is 1260. The van der Waals surface area contributed by atoms with E-state index < -0.39 is 10.0 Å². The standard InChI is InChI=1S/C20H27N7O4S/c1-26(2)32(29,30)12-13-6-8-14(9-7-13)27-17-16(24-20(27)28)11-22-19(25-17)23-15-5-4-10-21-18(15)31-3/h4-5,10-11,13-14H,6-9,12H2,1-3H3,(H,24,28)(H,22,23,25). The summed E-state index contributed by atoms with van der Waals surface area (Å²) in [5.74, 6) is 0.957. The Kier molecular flexibility index (Phi) is 6.15. The van der Waals surface area contributed by atoms with E-state index in [2.05, 4.69) is 25.3 Å². The zero-order chi connectivity index (χ0) is 22.9. The first kappa shape index (κ1) is 22.2. The van der Waals surface area contributed by atoms with Crippen molar-refractivity contribution in [2.75, 3.05) is 32.3 Å². The maximum Gasteiger partial charge on any atom is 0.327 e. The number of hydrogen-bond acceptors (Lipinski definition) is 8. The summed E-state index contributed by atoms with van der Waals surface area (Å²) < 4.78 is 32.6. The second-order valence-electron chi connectivity index (χ2n) is 8.15. The molecule has 0 spiro atoms. The van der Waals surface area contributed by atoms with Gasteiger partial charge in [-0.25, -0.2) is 27.5 Å². The molecule has 2 N–H and O–H groups in total. The molecule has 32 heavy (non-hydrogen) atoms. The van der Waals surface area contributed by atoms with Crippen LogP contribution in [0.25, 0.3) is 11.2 Å². The van der Waals surface area contributed by atoms with Crippen LogP contribution in [0.2, 0.25) is 0 Å². The summed E-state index contributed by atoms with van der Waals surface area (Å²) in [7, 11) is 1.40. The fourth-order valence-corrected chi connectivity index (χ4v) is 5.33. The summed E-state index contributed by atoms with van der Waals surface area (Å²) in [6, 6.07) is 3.52. The van der Waals surface area contributed by atoms with E-state index >= 15 is 0 Å². The van der Waals surface area contributed by atoms with Gasteiger partial charge in [-0.15, -0.1) is 0 Å². The molecule has 3 heterocycles. The Morgan fingerprint density at radius 1 is 1.25 bits per heavy atom. The largest absolute Gasteiger partial charge is 0.480 e. The number of H-pyrrole nitrogens is 1. The Labute approximate surface area is 185 Å². The Morgan fingerprint density at radius 3 is 2.69 bits per heavy atom. The molecule has 1 aliphatic carbocycles. The van der Waals surface area contributed by atoms with Crippen molar-refractivity contribution in [2.45, 2.75) is 31.7 Å². The minimum Gasteiger partial charge on any atom is -0.480 e. The van der Waals surface area contributed by atoms with Crippen LogP contribution in [0.3, 0.4) is 0 Å². The fourth-order valence-electron chi connectivity index (χ4n) is 4.10. The molecule has 172 valence electrons. The van der Waals surface area contributed by atoms with Crippen LogP contribution < -0.4 is 15.7 Å². The van der Waals surface area contributed by atoms with Crippen LogP contribution >= 0.6 is 0 Å². The number of sulfonamides is 1. The second kappa shape index (κ2) is 8.87. The number of nitrogens with zero attached hydrogens (tertiary/aromatic N) is 5. The van der Waals surface area contributed by atoms with Gasteiger partial charge in [0.1, 0.15) is 11.2 Å². The first-order valence-electron chi connectivity index (χ1n) is 10.4. The van der Waals surface area contributed by atoms with Gasteiger partial charge >= 0.3 is 5.69 Å². The highest BCUT2D eigenvalue weighted by Gasteiger charge is 2.29. The third kappa shape index (κ3) is 4.46. The summed E-state index contributed by atoms with van der Waals surface area (Å²) in [6.07, 6.45) is 6.09. The summed E-state index contributed by atoms with van der Waals surface area (Å²) in [5.41, 5.74) is 1.44. The first-order chi connectivity index (χ1) is 15.3. The number of methoxy groups -OCH3 is 1. The van der Waals surface area contributed by atoms with Gasteiger partial charge in [0.05, 0.1) is 19.1 Å². The number of aromatic nitrogens is 5. The molecule has 12 heteroatoms. The molecule has 0 aliphatic heterocycles. The molecule has 0 radical (unpaired) electrons. The van der Waals surface area contributed by atoms with Crippen molar-refractivity contribution < 1.29 is 13.2 Å². The maximum absolute atomic E-state index is 12.7. The highest BCUT2D eigenvalue weighted by molar-refractivity contribution is 7.89. The predicted octanol–water partition coefficient (Wildman–Crippen LogP) is 1.89. The molecular weight excluding hydrogens is 434 g/mol. The second-order valence-corrected chi connectivity index (χ2v) is 10.4. The molecule has 4 rings (SSSR count). The number of rotatable bonds is 7. The van der Waals surface area contributed by atoms with Gasteiger partial charge in [0.2, 0.25) is 21.9 Å². The number of anilines is 2. The Morgan fingerprint density at radius 2 is 2.00 bits per heavy atom. The summed E-state index contributed by atoms with van der Waals surface area (Å²) >= 11 is 0. The average Bonchev–Trinajstić information content (AvgIpc) is 3.09. The van der Waals surface area contributed by atoms with E-state index in [1.165, 1.54) is 11.4 Å². The lowest BCUT2D eigenvalue weighted by atomic mass is 9.87. The van der Waals surface area contributed by atoms with Crippen LogP contribution in [0.5, 0.6) is 5.88 Å². The van der Waals surface area contributed by atoms with Gasteiger partial charge in [0.15, 0.2) is 5.65 Å². The van der Waals surface area contributed by atoms with Crippen LogP contribution in [-0.4, -0.2) is 64.2 Å². The third-order valence-electron chi connectivity index (χ3n) is 5.85. The summed E-state index contributed by atoms with van der Waals surface area (Å²) in [5, 5.41) is 3.09. The molecule has 0 unspecified atom stereocenters. The molecular formula is C20H27N7O4S. The lowest BCUT2D eigenvalue weighted by molar-refractivity contribution is 0.288. The smallest absolute Gasteiger partial charge is 0.327 e. The van der Waals surface area contributed by atoms with E-state index in [-0.39, 0.29) is 23.4 Å². The molecule has 0 atom stereocenters. The maximum atomic E-state index is 12.7. The fraction of sp³-hybridized carbons (Fsp3) is 0.500. The minimum atomic E-state index is -3.24. The zero-order valence-corrected chi connectivity index (χ0v) is 19.1. The zero-order valence-electron chi connectivity index (χ0n) is 18.3. The van der Waals surface area contributed by atoms with Crippen molar-refractivity contribution in [1.29, 1.82) is 0 Å². The highest BCUT2D eigenvalue weighted by atomic mass is 32.2. The first-order valence-corrected chi connectivity index (χ1v) is 12.0. The average molecular weight is 462 g/mol. The molecule has 3 aromatic rings. The monoisotopic (exact) mass is 461 g/mol. The topological polar surface area (TPSA) is 135 Å². The van der Waals surface area contributed by atoms with E-state index in [1.54, 1.807) is 43.2 Å². The van der Waals surface area contributed by atoms with Crippen molar-refractivity contribution in [3.05, 3.63) is 35.0 Å². The van der Waals surface area contributed by atoms with Crippen molar-refractivity contribution in [3.8, 4) is 5.88 Å². The number of nitrogens with one attached hydrogen (secondary N) is 2. The number of ether oxygens (including phenoxy) is 1. The van der Waals surface area contributed by atoms with E-state index in [1.807, 2.05) is 0 Å². The highest BCUT2D eigenvalue weighted by Crippen LogP contribution is 2.34. The molecule has 0 aromatic carbocycles. The molecule has 0 saturated heterocycles. The van der Waals surface area contributed by atoms with Gasteiger partial charge in [0, 0.05) is 26.3 Å². The SMILES string of the molecule is COc1ncccc1Nc1ncc2[nH]c(=O)n(C3CCC(CS(=O)(=O)N(C)C)CC3)c2n1. The van der Waals surface area contributed by atoms with Crippen LogP contribution in [0.15, 0.2) is 29.3 Å². The van der Waals surface area contributed by atoms with Gasteiger partial charge in [-0.1, -0.05) is 0 Å². The Hall–Kier alpha value is -2.99. The molecule has 1 saturated carbocycles. The van der Waals surface area contributed by atoms with Crippen molar-refractivity contribution >= 4 is 32.8 Å². The molecule has 1 fully saturated rings. The van der Waals surface area contributed by atoms with E-state index in [4.69, 9.17) is 4.74 Å². The predicted molar refractivity (Wildman–Crippen MR) is 121 cm³/mol. The van der Waals surface area contributed by atoms with Gasteiger partial charge in [0.25, 0.3) is 0 Å². The number of hydrogen-bond donors (Lipinski definition) is 2. The molecule has 3 aromatic heterocycles.